The molecule has 0 radical (unpaired) electrons. The summed E-state index contributed by atoms with van der Waals surface area (Å²) in [5.74, 6) is -0.0961. The van der Waals surface area contributed by atoms with Crippen molar-refractivity contribution in [2.75, 3.05) is 24.4 Å². The predicted molar refractivity (Wildman–Crippen MR) is 118 cm³/mol. The molecule has 0 unspecified atom stereocenters. The third-order valence-corrected chi connectivity index (χ3v) is 7.20. The summed E-state index contributed by atoms with van der Waals surface area (Å²) in [7, 11) is -7.57. The highest BCUT2D eigenvalue weighted by Gasteiger charge is 2.30. The number of piperidine rings is 1. The molecule has 11 heteroatoms. The first-order chi connectivity index (χ1) is 14.5. The zero-order chi connectivity index (χ0) is 23.1. The number of hydrogen-bond acceptors (Lipinski definition) is 6. The molecule has 1 saturated heterocycles. The largest absolute Gasteiger partial charge is 0.324 e. The second kappa shape index (κ2) is 10.8. The minimum atomic E-state index is -4.02. The Labute approximate surface area is 183 Å². The number of rotatable bonds is 6. The van der Waals surface area contributed by atoms with E-state index in [0.717, 1.165) is 5.56 Å². The predicted octanol–water partition coefficient (Wildman–Crippen LogP) is 1.82. The van der Waals surface area contributed by atoms with E-state index in [1.807, 2.05) is 13.0 Å². The van der Waals surface area contributed by atoms with Crippen LogP contribution in [0.2, 0.25) is 0 Å². The molecule has 0 atom stereocenters. The van der Waals surface area contributed by atoms with Crippen LogP contribution in [0.4, 0.5) is 5.69 Å². The maximum Gasteiger partial charge on any atom is 0.301 e. The zero-order valence-corrected chi connectivity index (χ0v) is 18.8. The molecule has 4 N–H and O–H groups in total. The number of hydrogen-bond donors (Lipinski definition) is 3. The van der Waals surface area contributed by atoms with Crippen LogP contribution < -0.4 is 10.5 Å². The summed E-state index contributed by atoms with van der Waals surface area (Å²) >= 11 is 0. The standard InChI is InChI=1S/C13H19N3O3S.C7H8O3S/c14-10-13(17)11-6-8-16(9-7-11)20(18,19)15-12-4-2-1-3-5-12;1-6-2-4-7(5-3-6)11(8,9)10/h1-5,11,15H,6-10,14H2;2-5H,1H3,(H,8,9,10). The fourth-order valence-electron chi connectivity index (χ4n) is 3.01. The molecule has 31 heavy (non-hydrogen) atoms. The number of ketones is 1. The highest BCUT2D eigenvalue weighted by molar-refractivity contribution is 7.90. The first-order valence-corrected chi connectivity index (χ1v) is 12.5. The SMILES string of the molecule is Cc1ccc(S(=O)(=O)O)cc1.NCC(=O)C1CCN(S(=O)(=O)Nc2ccccc2)CC1. The second-order valence-electron chi connectivity index (χ2n) is 7.11. The number of carbonyl (C=O) groups excluding carboxylic acids is 1. The Morgan fingerprint density at radius 3 is 2.06 bits per heavy atom. The molecule has 9 nitrogen and oxygen atoms in total. The Bertz CT molecular complexity index is 1060. The van der Waals surface area contributed by atoms with Gasteiger partial charge in [-0.15, -0.1) is 0 Å². The van der Waals surface area contributed by atoms with E-state index in [2.05, 4.69) is 4.72 Å². The monoisotopic (exact) mass is 469 g/mol. The van der Waals surface area contributed by atoms with Crippen molar-refractivity contribution in [1.29, 1.82) is 0 Å². The second-order valence-corrected chi connectivity index (χ2v) is 10.2. The molecule has 0 spiro atoms. The maximum absolute atomic E-state index is 12.2. The van der Waals surface area contributed by atoms with Crippen LogP contribution in [0.1, 0.15) is 18.4 Å². The lowest BCUT2D eigenvalue weighted by atomic mass is 9.94. The van der Waals surface area contributed by atoms with Gasteiger partial charge in [0.05, 0.1) is 11.4 Å². The first kappa shape index (κ1) is 25.0. The maximum atomic E-state index is 12.2. The van der Waals surface area contributed by atoms with Crippen LogP contribution in [0.5, 0.6) is 0 Å². The van der Waals surface area contributed by atoms with Gasteiger partial charge in [-0.3, -0.25) is 14.1 Å². The Morgan fingerprint density at radius 2 is 1.58 bits per heavy atom. The molecular formula is C20H27N3O6S2. The van der Waals surface area contributed by atoms with Gasteiger partial charge in [-0.1, -0.05) is 35.9 Å². The molecule has 2 aromatic rings. The van der Waals surface area contributed by atoms with Crippen LogP contribution in [0, 0.1) is 12.8 Å². The number of benzene rings is 2. The van der Waals surface area contributed by atoms with E-state index in [1.165, 1.54) is 16.4 Å². The first-order valence-electron chi connectivity index (χ1n) is 9.63. The molecule has 0 aromatic heterocycles. The fourth-order valence-corrected chi connectivity index (χ4v) is 4.75. The lowest BCUT2D eigenvalue weighted by molar-refractivity contribution is -0.122. The molecule has 3 rings (SSSR count). The van der Waals surface area contributed by atoms with E-state index in [4.69, 9.17) is 10.3 Å². The Balaban J connectivity index is 0.000000262. The van der Waals surface area contributed by atoms with Gasteiger partial charge in [-0.25, -0.2) is 0 Å². The number of nitrogens with one attached hydrogen (secondary N) is 1. The Hall–Kier alpha value is -2.31. The van der Waals surface area contributed by atoms with Crippen molar-refractivity contribution in [2.24, 2.45) is 11.7 Å². The summed E-state index contributed by atoms with van der Waals surface area (Å²) in [6.45, 7) is 2.56. The third kappa shape index (κ3) is 7.71. The van der Waals surface area contributed by atoms with Gasteiger partial charge in [0.15, 0.2) is 0 Å². The molecule has 0 amide bonds. The summed E-state index contributed by atoms with van der Waals surface area (Å²) < 4.78 is 57.9. The topological polar surface area (TPSA) is 147 Å². The summed E-state index contributed by atoms with van der Waals surface area (Å²) in [5.41, 5.74) is 6.82. The highest BCUT2D eigenvalue weighted by atomic mass is 32.2. The van der Waals surface area contributed by atoms with Crippen molar-refractivity contribution < 1.29 is 26.2 Å². The molecule has 0 aliphatic carbocycles. The van der Waals surface area contributed by atoms with Crippen molar-refractivity contribution in [1.82, 2.24) is 4.31 Å². The van der Waals surface area contributed by atoms with E-state index < -0.39 is 20.3 Å². The quantitative estimate of drug-likeness (QED) is 0.547. The van der Waals surface area contributed by atoms with Crippen LogP contribution >= 0.6 is 0 Å². The van der Waals surface area contributed by atoms with Gasteiger partial charge in [-0.2, -0.15) is 21.1 Å². The zero-order valence-electron chi connectivity index (χ0n) is 17.1. The van der Waals surface area contributed by atoms with E-state index >= 15 is 0 Å². The number of para-hydroxylation sites is 1. The van der Waals surface area contributed by atoms with E-state index in [9.17, 15) is 21.6 Å². The van der Waals surface area contributed by atoms with Crippen LogP contribution in [-0.4, -0.2) is 51.1 Å². The molecule has 2 aromatic carbocycles. The summed E-state index contributed by atoms with van der Waals surface area (Å²) in [6, 6.07) is 14.7. The van der Waals surface area contributed by atoms with Crippen LogP contribution in [-0.2, 0) is 25.1 Å². The lowest BCUT2D eigenvalue weighted by Crippen LogP contribution is -2.43. The molecule has 1 fully saturated rings. The molecule has 0 saturated carbocycles. The van der Waals surface area contributed by atoms with Crippen LogP contribution in [0.25, 0.3) is 0 Å². The molecule has 170 valence electrons. The number of aryl methyl sites for hydroxylation is 1. The summed E-state index contributed by atoms with van der Waals surface area (Å²) in [6.07, 6.45) is 1.07. The molecule has 1 aliphatic heterocycles. The van der Waals surface area contributed by atoms with Crippen LogP contribution in [0.15, 0.2) is 59.5 Å². The summed E-state index contributed by atoms with van der Waals surface area (Å²) in [4.78, 5) is 11.4. The number of nitrogens with zero attached hydrogens (tertiary/aromatic N) is 1. The Morgan fingerprint density at radius 1 is 1.03 bits per heavy atom. The minimum Gasteiger partial charge on any atom is -0.324 e. The van der Waals surface area contributed by atoms with Gasteiger partial charge in [-0.05, 0) is 44.0 Å². The number of Topliss-reactive ketones (excluding diaryl/α,β-unsaturated/α-hetero) is 1. The third-order valence-electron chi connectivity index (χ3n) is 4.79. The van der Waals surface area contributed by atoms with Gasteiger partial charge in [0, 0.05) is 24.7 Å². The molecular weight excluding hydrogens is 442 g/mol. The van der Waals surface area contributed by atoms with Crippen molar-refractivity contribution in [3.05, 3.63) is 60.2 Å². The van der Waals surface area contributed by atoms with Crippen molar-refractivity contribution in [3.63, 3.8) is 0 Å². The number of anilines is 1. The average molecular weight is 470 g/mol. The minimum absolute atomic E-state index is 0.0121. The van der Waals surface area contributed by atoms with Gasteiger partial charge < -0.3 is 5.73 Å². The van der Waals surface area contributed by atoms with E-state index in [1.54, 1.807) is 36.4 Å². The van der Waals surface area contributed by atoms with E-state index in [0.29, 0.717) is 31.6 Å². The normalized spacial score (nSPS) is 15.6. The molecule has 1 heterocycles. The van der Waals surface area contributed by atoms with Gasteiger partial charge in [0.2, 0.25) is 0 Å². The number of nitrogens with two attached hydrogens (primary N) is 1. The van der Waals surface area contributed by atoms with Gasteiger partial charge in [0.1, 0.15) is 5.78 Å². The fraction of sp³-hybridized carbons (Fsp3) is 0.350. The molecule has 1 aliphatic rings. The van der Waals surface area contributed by atoms with Crippen molar-refractivity contribution in [3.8, 4) is 0 Å². The van der Waals surface area contributed by atoms with Crippen LogP contribution in [0.3, 0.4) is 0 Å². The number of carbonyl (C=O) groups is 1. The van der Waals surface area contributed by atoms with E-state index in [-0.39, 0.29) is 23.1 Å². The highest BCUT2D eigenvalue weighted by Crippen LogP contribution is 2.21. The molecule has 0 bridgehead atoms. The lowest BCUT2D eigenvalue weighted by Gasteiger charge is -2.30. The van der Waals surface area contributed by atoms with Crippen molar-refractivity contribution in [2.45, 2.75) is 24.7 Å². The van der Waals surface area contributed by atoms with Crippen molar-refractivity contribution >= 4 is 31.8 Å². The van der Waals surface area contributed by atoms with Gasteiger partial charge in [0.25, 0.3) is 10.1 Å². The smallest absolute Gasteiger partial charge is 0.301 e. The average Bonchev–Trinajstić information content (AvgIpc) is 2.74. The Kier molecular flexibility index (Phi) is 8.71. The summed E-state index contributed by atoms with van der Waals surface area (Å²) in [5, 5.41) is 0. The van der Waals surface area contributed by atoms with Gasteiger partial charge >= 0.3 is 10.2 Å².